The number of carbonyl (C=O) groups excluding carboxylic acids is 1. The van der Waals surface area contributed by atoms with Gasteiger partial charge in [-0.3, -0.25) is 24.6 Å². The lowest BCUT2D eigenvalue weighted by Crippen LogP contribution is -2.21. The Balaban J connectivity index is 1.82. The van der Waals surface area contributed by atoms with Crippen molar-refractivity contribution in [2.24, 2.45) is 0 Å². The lowest BCUT2D eigenvalue weighted by molar-refractivity contribution is 0.102. The van der Waals surface area contributed by atoms with Gasteiger partial charge in [-0.05, 0) is 35.0 Å². The molecule has 4 N–H and O–H groups in total. The van der Waals surface area contributed by atoms with E-state index in [0.29, 0.717) is 0 Å². The number of aromatic hydroxyl groups is 1. The number of carbonyl (C=O) groups is 1. The number of hydrogen-bond acceptors (Lipinski definition) is 4. The van der Waals surface area contributed by atoms with Gasteiger partial charge >= 0.3 is 0 Å². The Morgan fingerprint density at radius 2 is 1.58 bits per heavy atom. The van der Waals surface area contributed by atoms with Crippen LogP contribution in [0.25, 0.3) is 21.5 Å². The quantitative estimate of drug-likeness (QED) is 0.445. The van der Waals surface area contributed by atoms with Crippen LogP contribution in [-0.2, 0) is 0 Å². The summed E-state index contributed by atoms with van der Waals surface area (Å²) in [7, 11) is 0. The van der Waals surface area contributed by atoms with E-state index in [1.54, 1.807) is 12.1 Å². The maximum atomic E-state index is 12.6. The maximum absolute atomic E-state index is 12.6. The van der Waals surface area contributed by atoms with Crippen molar-refractivity contribution in [2.75, 3.05) is 5.32 Å². The van der Waals surface area contributed by atoms with Crippen molar-refractivity contribution in [3.05, 3.63) is 80.9 Å². The molecular formula is C19H13N3O4. The zero-order chi connectivity index (χ0) is 18.3. The number of benzene rings is 3. The summed E-state index contributed by atoms with van der Waals surface area (Å²) in [5.41, 5.74) is -0.739. The Hall–Kier alpha value is -3.87. The lowest BCUT2D eigenvalue weighted by Gasteiger charge is -2.10. The molecule has 3 aromatic carbocycles. The Morgan fingerprint density at radius 1 is 0.885 bits per heavy atom. The Morgan fingerprint density at radius 3 is 2.35 bits per heavy atom. The van der Waals surface area contributed by atoms with Gasteiger partial charge in [0.15, 0.2) is 0 Å². The summed E-state index contributed by atoms with van der Waals surface area (Å²) in [4.78, 5) is 36.6. The summed E-state index contributed by atoms with van der Waals surface area (Å²) in [6.07, 6.45) is 0. The molecule has 0 aliphatic carbocycles. The zero-order valence-corrected chi connectivity index (χ0v) is 13.4. The molecule has 1 aromatic heterocycles. The highest BCUT2D eigenvalue weighted by atomic mass is 16.3. The summed E-state index contributed by atoms with van der Waals surface area (Å²) in [5.74, 6) is -0.756. The molecule has 4 aromatic rings. The minimum atomic E-state index is -0.583. The molecule has 0 unspecified atom stereocenters. The summed E-state index contributed by atoms with van der Waals surface area (Å²) in [5, 5.41) is 19.1. The van der Waals surface area contributed by atoms with Crippen molar-refractivity contribution in [3.8, 4) is 5.75 Å². The van der Waals surface area contributed by atoms with Crippen LogP contribution in [0.5, 0.6) is 5.75 Å². The second-order valence-corrected chi connectivity index (χ2v) is 5.81. The first-order valence-corrected chi connectivity index (χ1v) is 7.81. The molecule has 4 rings (SSSR count). The van der Waals surface area contributed by atoms with Crippen LogP contribution < -0.4 is 16.4 Å². The van der Waals surface area contributed by atoms with Gasteiger partial charge in [0.1, 0.15) is 5.75 Å². The fourth-order valence-electron chi connectivity index (χ4n) is 2.93. The molecule has 1 amide bonds. The van der Waals surface area contributed by atoms with Crippen LogP contribution in [0.15, 0.2) is 64.2 Å². The van der Waals surface area contributed by atoms with Gasteiger partial charge in [-0.1, -0.05) is 30.3 Å². The summed E-state index contributed by atoms with van der Waals surface area (Å²) in [6.45, 7) is 0. The third-order valence-electron chi connectivity index (χ3n) is 4.18. The van der Waals surface area contributed by atoms with E-state index in [4.69, 9.17) is 0 Å². The van der Waals surface area contributed by atoms with Gasteiger partial charge in [0, 0.05) is 0 Å². The molecule has 0 spiro atoms. The Kier molecular flexibility index (Phi) is 3.54. The molecular weight excluding hydrogens is 334 g/mol. The van der Waals surface area contributed by atoms with Crippen LogP contribution >= 0.6 is 0 Å². The predicted octanol–water partition coefficient (Wildman–Crippen LogP) is 2.33. The van der Waals surface area contributed by atoms with Crippen molar-refractivity contribution in [3.63, 3.8) is 0 Å². The van der Waals surface area contributed by atoms with Crippen LogP contribution in [0, 0.1) is 0 Å². The number of nitrogens with one attached hydrogen (secondary N) is 3. The minimum absolute atomic E-state index is 0.0713. The topological polar surface area (TPSA) is 115 Å². The molecule has 0 radical (unpaired) electrons. The van der Waals surface area contributed by atoms with Gasteiger partial charge < -0.3 is 10.4 Å². The van der Waals surface area contributed by atoms with Crippen molar-refractivity contribution in [1.29, 1.82) is 0 Å². The number of H-pyrrole nitrogens is 2. The van der Waals surface area contributed by atoms with E-state index in [2.05, 4.69) is 15.5 Å². The van der Waals surface area contributed by atoms with Crippen LogP contribution in [0.1, 0.15) is 10.4 Å². The van der Waals surface area contributed by atoms with Crippen molar-refractivity contribution in [2.45, 2.75) is 0 Å². The number of aromatic nitrogens is 2. The van der Waals surface area contributed by atoms with Crippen LogP contribution in [0.3, 0.4) is 0 Å². The first kappa shape index (κ1) is 15.6. The minimum Gasteiger partial charge on any atom is -0.507 e. The van der Waals surface area contributed by atoms with Gasteiger partial charge in [0.05, 0.1) is 22.0 Å². The molecule has 0 fully saturated rings. The van der Waals surface area contributed by atoms with Gasteiger partial charge in [-0.25, -0.2) is 0 Å². The maximum Gasteiger partial charge on any atom is 0.272 e. The lowest BCUT2D eigenvalue weighted by atomic mass is 10.0. The number of fused-ring (bicyclic) bond motifs is 2. The van der Waals surface area contributed by atoms with E-state index < -0.39 is 17.0 Å². The molecule has 0 aliphatic rings. The standard InChI is InChI=1S/C19H13N3O4/c23-15-9-11-5-2-1-4-10(11)8-13(15)17(24)20-14-7-3-6-12-16(14)19(26)22-21-18(12)25/h1-9,23H,(H,20,24)(H,21,25)(H,22,26). The van der Waals surface area contributed by atoms with Crippen LogP contribution in [-0.4, -0.2) is 21.2 Å². The first-order valence-electron chi connectivity index (χ1n) is 7.81. The monoisotopic (exact) mass is 347 g/mol. The number of phenols is 1. The highest BCUT2D eigenvalue weighted by Gasteiger charge is 2.15. The molecule has 0 saturated heterocycles. The molecule has 0 atom stereocenters. The third-order valence-corrected chi connectivity index (χ3v) is 4.18. The predicted molar refractivity (Wildman–Crippen MR) is 98.8 cm³/mol. The Labute approximate surface area is 145 Å². The van der Waals surface area contributed by atoms with Crippen LogP contribution in [0.4, 0.5) is 5.69 Å². The highest BCUT2D eigenvalue weighted by Crippen LogP contribution is 2.26. The van der Waals surface area contributed by atoms with Gasteiger partial charge in [0.2, 0.25) is 0 Å². The number of anilines is 1. The highest BCUT2D eigenvalue weighted by molar-refractivity contribution is 6.11. The molecule has 0 bridgehead atoms. The SMILES string of the molecule is O=C(Nc1cccc2c(=O)[nH][nH]c(=O)c12)c1cc2ccccc2cc1O. The summed E-state index contributed by atoms with van der Waals surface area (Å²) in [6, 6.07) is 15.0. The van der Waals surface area contributed by atoms with E-state index in [1.165, 1.54) is 18.2 Å². The summed E-state index contributed by atoms with van der Waals surface area (Å²) >= 11 is 0. The zero-order valence-electron chi connectivity index (χ0n) is 13.4. The molecule has 0 saturated carbocycles. The molecule has 26 heavy (non-hydrogen) atoms. The van der Waals surface area contributed by atoms with Gasteiger partial charge in [-0.2, -0.15) is 0 Å². The van der Waals surface area contributed by atoms with E-state index in [9.17, 15) is 19.5 Å². The van der Waals surface area contributed by atoms with Gasteiger partial charge in [0.25, 0.3) is 17.0 Å². The fourth-order valence-corrected chi connectivity index (χ4v) is 2.93. The third kappa shape index (κ3) is 2.51. The molecule has 1 heterocycles. The second kappa shape index (κ2) is 5.89. The average Bonchev–Trinajstić information content (AvgIpc) is 2.64. The smallest absolute Gasteiger partial charge is 0.272 e. The molecule has 0 aliphatic heterocycles. The normalized spacial score (nSPS) is 10.9. The van der Waals surface area contributed by atoms with E-state index in [-0.39, 0.29) is 27.8 Å². The summed E-state index contributed by atoms with van der Waals surface area (Å²) < 4.78 is 0. The fraction of sp³-hybridized carbons (Fsp3) is 0. The number of aromatic amines is 2. The number of amides is 1. The van der Waals surface area contributed by atoms with E-state index in [0.717, 1.165) is 10.8 Å². The molecule has 7 nitrogen and oxygen atoms in total. The van der Waals surface area contributed by atoms with Crippen molar-refractivity contribution in [1.82, 2.24) is 10.2 Å². The number of hydrogen-bond donors (Lipinski definition) is 4. The average molecular weight is 347 g/mol. The van der Waals surface area contributed by atoms with E-state index in [1.807, 2.05) is 24.3 Å². The molecule has 128 valence electrons. The number of phenolic OH excluding ortho intramolecular Hbond substituents is 1. The van der Waals surface area contributed by atoms with Gasteiger partial charge in [-0.15, -0.1) is 0 Å². The van der Waals surface area contributed by atoms with Crippen molar-refractivity contribution < 1.29 is 9.90 Å². The first-order chi connectivity index (χ1) is 12.5. The van der Waals surface area contributed by atoms with Crippen LogP contribution in [0.2, 0.25) is 0 Å². The second-order valence-electron chi connectivity index (χ2n) is 5.81. The Bertz CT molecular complexity index is 1290. The molecule has 7 heteroatoms. The van der Waals surface area contributed by atoms with Crippen molar-refractivity contribution >= 4 is 33.1 Å². The van der Waals surface area contributed by atoms with E-state index >= 15 is 0 Å². The number of rotatable bonds is 2. The largest absolute Gasteiger partial charge is 0.507 e.